The smallest absolute Gasteiger partial charge is 0.270 e. The second-order valence-corrected chi connectivity index (χ2v) is 4.00. The van der Waals surface area contributed by atoms with E-state index in [-0.39, 0.29) is 23.6 Å². The predicted molar refractivity (Wildman–Crippen MR) is 68.2 cm³/mol. The lowest BCUT2D eigenvalue weighted by atomic mass is 10.1. The highest BCUT2D eigenvalue weighted by Crippen LogP contribution is 2.24. The number of hydrogen-bond donors (Lipinski definition) is 0. The van der Waals surface area contributed by atoms with E-state index in [1.165, 1.54) is 12.1 Å². The minimum Gasteiger partial charge on any atom is -0.545 e. The Labute approximate surface area is 114 Å². The third-order valence-electron chi connectivity index (χ3n) is 2.63. The number of carbonyl (C=O) groups is 1. The van der Waals surface area contributed by atoms with E-state index in [0.717, 1.165) is 11.6 Å². The molecular weight excluding hydrogens is 262 g/mol. The molecule has 0 saturated carbocycles. The summed E-state index contributed by atoms with van der Waals surface area (Å²) in [6.07, 6.45) is 0. The maximum atomic E-state index is 11.0. The number of carbonyl (C=O) groups excluding carboxylic acids is 1. The number of carboxylic acids is 1. The van der Waals surface area contributed by atoms with Crippen molar-refractivity contribution in [3.63, 3.8) is 0 Å². The molecule has 0 saturated heterocycles. The van der Waals surface area contributed by atoms with E-state index in [2.05, 4.69) is 0 Å². The van der Waals surface area contributed by atoms with Crippen molar-refractivity contribution in [1.82, 2.24) is 0 Å². The van der Waals surface area contributed by atoms with Crippen molar-refractivity contribution in [3.05, 3.63) is 69.8 Å². The summed E-state index contributed by atoms with van der Waals surface area (Å²) in [5.74, 6) is -1.48. The van der Waals surface area contributed by atoms with Gasteiger partial charge in [0.15, 0.2) is 0 Å². The van der Waals surface area contributed by atoms with Gasteiger partial charge in [-0.1, -0.05) is 30.3 Å². The fourth-order valence-corrected chi connectivity index (χ4v) is 1.65. The number of nitro groups is 1. The van der Waals surface area contributed by atoms with Crippen LogP contribution in [0.3, 0.4) is 0 Å². The van der Waals surface area contributed by atoms with Crippen molar-refractivity contribution in [2.75, 3.05) is 0 Å². The highest BCUT2D eigenvalue weighted by molar-refractivity contribution is 5.90. The second kappa shape index (κ2) is 5.83. The topological polar surface area (TPSA) is 92.5 Å². The number of nitro benzene ring substituents is 1. The minimum absolute atomic E-state index is 0.0412. The number of rotatable bonds is 5. The Kier molecular flexibility index (Phi) is 3.95. The average Bonchev–Trinajstić information content (AvgIpc) is 2.45. The van der Waals surface area contributed by atoms with Crippen LogP contribution in [0.5, 0.6) is 5.75 Å². The molecule has 0 radical (unpaired) electrons. The lowest BCUT2D eigenvalue weighted by molar-refractivity contribution is -0.385. The minimum atomic E-state index is -1.52. The molecule has 6 heteroatoms. The normalized spacial score (nSPS) is 10.0. The van der Waals surface area contributed by atoms with Crippen LogP contribution in [-0.4, -0.2) is 10.9 Å². The summed E-state index contributed by atoms with van der Waals surface area (Å²) in [4.78, 5) is 20.9. The van der Waals surface area contributed by atoms with Gasteiger partial charge in [0.1, 0.15) is 12.4 Å². The van der Waals surface area contributed by atoms with E-state index in [1.807, 2.05) is 30.3 Å². The Hall–Kier alpha value is -2.89. The predicted octanol–water partition coefficient (Wildman–Crippen LogP) is 1.54. The largest absolute Gasteiger partial charge is 0.545 e. The van der Waals surface area contributed by atoms with E-state index >= 15 is 0 Å². The summed E-state index contributed by atoms with van der Waals surface area (Å²) in [7, 11) is 0. The molecule has 6 nitrogen and oxygen atoms in total. The molecule has 0 aliphatic rings. The van der Waals surface area contributed by atoms with Crippen molar-refractivity contribution in [2.45, 2.75) is 6.61 Å². The van der Waals surface area contributed by atoms with Crippen LogP contribution in [0.4, 0.5) is 5.69 Å². The zero-order valence-corrected chi connectivity index (χ0v) is 10.3. The zero-order chi connectivity index (χ0) is 14.5. The van der Waals surface area contributed by atoms with Crippen LogP contribution in [0.15, 0.2) is 48.5 Å². The van der Waals surface area contributed by atoms with Gasteiger partial charge < -0.3 is 14.6 Å². The molecule has 0 atom stereocenters. The highest BCUT2D eigenvalue weighted by atomic mass is 16.6. The molecule has 20 heavy (non-hydrogen) atoms. The van der Waals surface area contributed by atoms with Gasteiger partial charge in [0.25, 0.3) is 5.69 Å². The lowest BCUT2D eigenvalue weighted by Gasteiger charge is -2.12. The Morgan fingerprint density at radius 3 is 2.45 bits per heavy atom. The first-order valence-electron chi connectivity index (χ1n) is 5.74. The van der Waals surface area contributed by atoms with Crippen LogP contribution < -0.4 is 9.84 Å². The van der Waals surface area contributed by atoms with Gasteiger partial charge in [0.2, 0.25) is 0 Å². The van der Waals surface area contributed by atoms with Gasteiger partial charge in [-0.05, 0) is 11.6 Å². The maximum Gasteiger partial charge on any atom is 0.270 e. The van der Waals surface area contributed by atoms with E-state index in [0.29, 0.717) is 0 Å². The molecule has 0 aliphatic heterocycles. The number of ether oxygens (including phenoxy) is 1. The third-order valence-corrected chi connectivity index (χ3v) is 2.63. The summed E-state index contributed by atoms with van der Waals surface area (Å²) in [5, 5.41) is 21.6. The van der Waals surface area contributed by atoms with Crippen molar-refractivity contribution >= 4 is 11.7 Å². The van der Waals surface area contributed by atoms with Gasteiger partial charge in [-0.15, -0.1) is 0 Å². The molecule has 2 aromatic carbocycles. The van der Waals surface area contributed by atoms with E-state index < -0.39 is 10.9 Å². The number of non-ortho nitro benzene ring substituents is 1. The Balaban J connectivity index is 2.23. The summed E-state index contributed by atoms with van der Waals surface area (Å²) in [5.41, 5.74) is 0.196. The number of hydrogen-bond acceptors (Lipinski definition) is 5. The molecule has 0 amide bonds. The second-order valence-electron chi connectivity index (χ2n) is 4.00. The molecule has 0 spiro atoms. The molecule has 0 unspecified atom stereocenters. The molecule has 0 aromatic heterocycles. The fourth-order valence-electron chi connectivity index (χ4n) is 1.65. The monoisotopic (exact) mass is 272 g/mol. The van der Waals surface area contributed by atoms with Gasteiger partial charge in [-0.2, -0.15) is 0 Å². The van der Waals surface area contributed by atoms with Crippen LogP contribution in [0.1, 0.15) is 15.9 Å². The Morgan fingerprint density at radius 1 is 1.15 bits per heavy atom. The Bertz CT molecular complexity index is 639. The van der Waals surface area contributed by atoms with Crippen LogP contribution in [-0.2, 0) is 6.61 Å². The molecule has 0 N–H and O–H groups in total. The molecule has 0 fully saturated rings. The molecular formula is C14H10NO5-. The number of carboxylic acid groups (broad SMARTS) is 1. The summed E-state index contributed by atoms with van der Waals surface area (Å²) >= 11 is 0. The Morgan fingerprint density at radius 2 is 1.85 bits per heavy atom. The van der Waals surface area contributed by atoms with Gasteiger partial charge in [-0.3, -0.25) is 10.1 Å². The molecule has 2 rings (SSSR count). The average molecular weight is 272 g/mol. The third kappa shape index (κ3) is 3.11. The lowest BCUT2D eigenvalue weighted by Crippen LogP contribution is -2.23. The van der Waals surface area contributed by atoms with Crippen LogP contribution in [0, 0.1) is 10.1 Å². The first kappa shape index (κ1) is 13.5. The SMILES string of the molecule is O=C([O-])c1cc([N+](=O)[O-])ccc1OCc1ccccc1. The van der Waals surface area contributed by atoms with Crippen molar-refractivity contribution < 1.29 is 19.6 Å². The van der Waals surface area contributed by atoms with Gasteiger partial charge in [-0.25, -0.2) is 0 Å². The quantitative estimate of drug-likeness (QED) is 0.608. The first-order chi connectivity index (χ1) is 9.58. The van der Waals surface area contributed by atoms with E-state index in [4.69, 9.17) is 4.74 Å². The van der Waals surface area contributed by atoms with Crippen LogP contribution in [0.25, 0.3) is 0 Å². The summed E-state index contributed by atoms with van der Waals surface area (Å²) < 4.78 is 5.38. The highest BCUT2D eigenvalue weighted by Gasteiger charge is 2.12. The fraction of sp³-hybridized carbons (Fsp3) is 0.0714. The maximum absolute atomic E-state index is 11.0. The van der Waals surface area contributed by atoms with Gasteiger partial charge in [0.05, 0.1) is 10.9 Å². The molecule has 2 aromatic rings. The van der Waals surface area contributed by atoms with Crippen molar-refractivity contribution in [3.8, 4) is 5.75 Å². The van der Waals surface area contributed by atoms with E-state index in [9.17, 15) is 20.0 Å². The van der Waals surface area contributed by atoms with Gasteiger partial charge in [0, 0.05) is 17.7 Å². The van der Waals surface area contributed by atoms with Crippen LogP contribution >= 0.6 is 0 Å². The van der Waals surface area contributed by atoms with Gasteiger partial charge >= 0.3 is 0 Å². The van der Waals surface area contributed by atoms with Crippen molar-refractivity contribution in [2.24, 2.45) is 0 Å². The molecule has 0 bridgehead atoms. The molecule has 0 aliphatic carbocycles. The number of benzene rings is 2. The first-order valence-corrected chi connectivity index (χ1v) is 5.74. The van der Waals surface area contributed by atoms with E-state index in [1.54, 1.807) is 0 Å². The molecule has 102 valence electrons. The molecule has 0 heterocycles. The van der Waals surface area contributed by atoms with Crippen molar-refractivity contribution in [1.29, 1.82) is 0 Å². The summed E-state index contributed by atoms with van der Waals surface area (Å²) in [6, 6.07) is 12.5. The number of nitrogens with zero attached hydrogens (tertiary/aromatic N) is 1. The zero-order valence-electron chi connectivity index (χ0n) is 10.3. The number of aromatic carboxylic acids is 1. The standard InChI is InChI=1S/C14H11NO5/c16-14(17)12-8-11(15(18)19)6-7-13(12)20-9-10-4-2-1-3-5-10/h1-8H,9H2,(H,16,17)/p-1. The van der Waals surface area contributed by atoms with Crippen LogP contribution in [0.2, 0.25) is 0 Å². The summed E-state index contributed by atoms with van der Waals surface area (Å²) in [6.45, 7) is 0.166.